The van der Waals surface area contributed by atoms with Crippen molar-refractivity contribution in [2.45, 2.75) is 19.2 Å². The predicted octanol–water partition coefficient (Wildman–Crippen LogP) is 0.739. The molecule has 0 aliphatic carbocycles. The van der Waals surface area contributed by atoms with Crippen LogP contribution in [0.15, 0.2) is 0 Å². The average molecular weight is 107 g/mol. The second-order valence-corrected chi connectivity index (χ2v) is 3.09. The number of hydrogen-bond donors (Lipinski definition) is 1. The Morgan fingerprint density at radius 3 is 1.83 bits per heavy atom. The van der Waals surface area contributed by atoms with E-state index in [2.05, 4.69) is 0 Å². The summed E-state index contributed by atoms with van der Waals surface area (Å²) in [5, 5.41) is 7.54. The van der Waals surface area contributed by atoms with E-state index in [0.29, 0.717) is 0 Å². The molecule has 0 aromatic heterocycles. The molecule has 0 saturated heterocycles. The van der Waals surface area contributed by atoms with Crippen LogP contribution in [0.25, 0.3) is 0 Å². The molecule has 0 aliphatic rings. The van der Waals surface area contributed by atoms with Gasteiger partial charge in [-0.2, -0.15) is 0 Å². The smallest absolute Gasteiger partial charge is 0.349 e. The summed E-state index contributed by atoms with van der Waals surface area (Å²) in [4.78, 5) is 0. The van der Waals surface area contributed by atoms with Crippen LogP contribution in [0.5, 0.6) is 0 Å². The normalized spacial score (nSPS) is 12.5. The molecule has 0 radical (unpaired) electrons. The summed E-state index contributed by atoms with van der Waals surface area (Å²) in [5.41, 5.74) is 0. The monoisotopic (exact) mass is 107 g/mol. The van der Waals surface area contributed by atoms with Gasteiger partial charge in [0.25, 0.3) is 5.34 Å². The van der Waals surface area contributed by atoms with Crippen LogP contribution >= 0.6 is 8.46 Å². The SMILES string of the molecule is CC(C)(O)[PH+]=O. The van der Waals surface area contributed by atoms with Gasteiger partial charge in [-0.15, -0.1) is 0 Å². The van der Waals surface area contributed by atoms with Gasteiger partial charge in [-0.3, -0.25) is 0 Å². The lowest BCUT2D eigenvalue weighted by molar-refractivity contribution is 0.171. The highest BCUT2D eigenvalue weighted by Gasteiger charge is 2.19. The zero-order chi connectivity index (χ0) is 5.21. The van der Waals surface area contributed by atoms with Crippen LogP contribution in [0.4, 0.5) is 0 Å². The van der Waals surface area contributed by atoms with Crippen molar-refractivity contribution in [3.8, 4) is 0 Å². The molecule has 0 bridgehead atoms. The van der Waals surface area contributed by atoms with Crippen molar-refractivity contribution in [2.24, 2.45) is 0 Å². The number of hydrogen-bond acceptors (Lipinski definition) is 2. The molecule has 2 nitrogen and oxygen atoms in total. The minimum absolute atomic E-state index is 0.627. The van der Waals surface area contributed by atoms with Crippen LogP contribution in [-0.4, -0.2) is 10.4 Å². The van der Waals surface area contributed by atoms with E-state index in [1.807, 2.05) is 0 Å². The summed E-state index contributed by atoms with van der Waals surface area (Å²) in [6, 6.07) is 0. The van der Waals surface area contributed by atoms with Gasteiger partial charge >= 0.3 is 8.46 Å². The van der Waals surface area contributed by atoms with Crippen molar-refractivity contribution in [2.75, 3.05) is 0 Å². The number of rotatable bonds is 1. The lowest BCUT2D eigenvalue weighted by atomic mass is 10.5. The Balaban J connectivity index is 3.45. The van der Waals surface area contributed by atoms with Gasteiger partial charge in [-0.25, -0.2) is 0 Å². The van der Waals surface area contributed by atoms with Crippen LogP contribution in [0, 0.1) is 0 Å². The molecule has 3 heteroatoms. The fraction of sp³-hybridized carbons (Fsp3) is 1.00. The molecular formula is C3H8O2P+. The summed E-state index contributed by atoms with van der Waals surface area (Å²) in [5.74, 6) is 0. The van der Waals surface area contributed by atoms with Crippen LogP contribution in [0.3, 0.4) is 0 Å². The van der Waals surface area contributed by atoms with Crippen LogP contribution < -0.4 is 0 Å². The highest BCUT2D eigenvalue weighted by molar-refractivity contribution is 7.25. The molecule has 1 unspecified atom stereocenters. The van der Waals surface area contributed by atoms with Crippen molar-refractivity contribution >= 4 is 8.46 Å². The fourth-order valence-electron chi connectivity index (χ4n) is 0. The van der Waals surface area contributed by atoms with Gasteiger partial charge in [0.05, 0.1) is 0 Å². The van der Waals surface area contributed by atoms with Gasteiger partial charge in [-0.1, -0.05) is 4.57 Å². The Morgan fingerprint density at radius 2 is 1.83 bits per heavy atom. The van der Waals surface area contributed by atoms with Crippen LogP contribution in [0.1, 0.15) is 13.8 Å². The van der Waals surface area contributed by atoms with Gasteiger partial charge < -0.3 is 5.11 Å². The molecule has 36 valence electrons. The maximum absolute atomic E-state index is 9.73. The topological polar surface area (TPSA) is 37.3 Å². The van der Waals surface area contributed by atoms with Crippen molar-refractivity contribution in [1.82, 2.24) is 0 Å². The molecule has 0 rings (SSSR count). The Kier molecular flexibility index (Phi) is 1.69. The standard InChI is InChI=1S/C3H7O2P/c1-3(2,4)6-5/h4H,1-2H3/p+1. The lowest BCUT2D eigenvalue weighted by Crippen LogP contribution is -2.05. The minimum Gasteiger partial charge on any atom is -0.349 e. The van der Waals surface area contributed by atoms with E-state index >= 15 is 0 Å². The first-order chi connectivity index (χ1) is 2.56. The first-order valence-corrected chi connectivity index (χ1v) is 2.59. The maximum Gasteiger partial charge on any atom is 0.358 e. The Bertz CT molecular complexity index is 54.3. The molecular weight excluding hydrogens is 99.0 g/mol. The second kappa shape index (κ2) is 1.67. The molecule has 6 heavy (non-hydrogen) atoms. The third-order valence-corrected chi connectivity index (χ3v) is 0.749. The summed E-state index contributed by atoms with van der Waals surface area (Å²) < 4.78 is 9.73. The van der Waals surface area contributed by atoms with Gasteiger partial charge in [-0.05, 0) is 0 Å². The zero-order valence-corrected chi connectivity index (χ0v) is 4.86. The highest BCUT2D eigenvalue weighted by atomic mass is 31.1. The maximum atomic E-state index is 9.73. The lowest BCUT2D eigenvalue weighted by Gasteiger charge is -1.92. The van der Waals surface area contributed by atoms with Gasteiger partial charge in [0, 0.05) is 13.8 Å². The van der Waals surface area contributed by atoms with Crippen LogP contribution in [-0.2, 0) is 4.57 Å². The Labute approximate surface area is 38.4 Å². The average Bonchev–Trinajstić information content (AvgIpc) is 1.35. The molecule has 0 heterocycles. The van der Waals surface area contributed by atoms with E-state index in [9.17, 15) is 4.57 Å². The van der Waals surface area contributed by atoms with Crippen LogP contribution in [0.2, 0.25) is 0 Å². The van der Waals surface area contributed by atoms with E-state index in [0.717, 1.165) is 0 Å². The van der Waals surface area contributed by atoms with E-state index in [-0.39, 0.29) is 0 Å². The van der Waals surface area contributed by atoms with Crippen molar-refractivity contribution in [3.63, 3.8) is 0 Å². The largest absolute Gasteiger partial charge is 0.358 e. The number of aliphatic hydroxyl groups is 1. The molecule has 0 amide bonds. The molecule has 1 N–H and O–H groups in total. The van der Waals surface area contributed by atoms with Gasteiger partial charge in [0.15, 0.2) is 0 Å². The second-order valence-electron chi connectivity index (χ2n) is 1.66. The minimum atomic E-state index is -0.986. The third-order valence-electron chi connectivity index (χ3n) is 0.250. The molecule has 0 aromatic rings. The first-order valence-electron chi connectivity index (χ1n) is 1.68. The quantitative estimate of drug-likeness (QED) is 0.502. The first kappa shape index (κ1) is 6.06. The summed E-state index contributed by atoms with van der Waals surface area (Å²) >= 11 is 0. The highest BCUT2D eigenvalue weighted by Crippen LogP contribution is 2.15. The van der Waals surface area contributed by atoms with Crippen molar-refractivity contribution < 1.29 is 9.67 Å². The third kappa shape index (κ3) is 4.06. The fourth-order valence-corrected chi connectivity index (χ4v) is 0. The predicted molar refractivity (Wildman–Crippen MR) is 25.3 cm³/mol. The molecule has 0 aromatic carbocycles. The van der Waals surface area contributed by atoms with E-state index < -0.39 is 13.8 Å². The molecule has 0 aliphatic heterocycles. The van der Waals surface area contributed by atoms with Crippen molar-refractivity contribution in [3.05, 3.63) is 0 Å². The molecule has 1 atom stereocenters. The molecule has 0 saturated carbocycles. The van der Waals surface area contributed by atoms with E-state index in [4.69, 9.17) is 5.11 Å². The molecule has 0 spiro atoms. The summed E-state index contributed by atoms with van der Waals surface area (Å²) in [7, 11) is -0.627. The van der Waals surface area contributed by atoms with Gasteiger partial charge in [0.2, 0.25) is 0 Å². The Hall–Kier alpha value is 0.0600. The summed E-state index contributed by atoms with van der Waals surface area (Å²) in [6.07, 6.45) is 0. The van der Waals surface area contributed by atoms with Gasteiger partial charge in [0.1, 0.15) is 0 Å². The zero-order valence-electron chi connectivity index (χ0n) is 3.86. The Morgan fingerprint density at radius 1 is 1.67 bits per heavy atom. The van der Waals surface area contributed by atoms with Crippen molar-refractivity contribution in [1.29, 1.82) is 0 Å². The van der Waals surface area contributed by atoms with E-state index in [1.165, 1.54) is 13.8 Å². The summed E-state index contributed by atoms with van der Waals surface area (Å²) in [6.45, 7) is 3.00. The molecule has 0 fully saturated rings. The van der Waals surface area contributed by atoms with E-state index in [1.54, 1.807) is 0 Å².